The smallest absolute Gasteiger partial charge is 0.234 e. The monoisotopic (exact) mass is 483 g/mol. The fraction of sp³-hybridized carbons (Fsp3) is 0.333. The summed E-state index contributed by atoms with van der Waals surface area (Å²) in [5.74, 6) is 0.359. The molecule has 1 aromatic heterocycles. The quantitative estimate of drug-likeness (QED) is 0.431. The van der Waals surface area contributed by atoms with Crippen molar-refractivity contribution in [2.45, 2.75) is 38.1 Å². The van der Waals surface area contributed by atoms with E-state index in [1.165, 1.54) is 5.56 Å². The largest absolute Gasteiger partial charge is 0.456 e. The summed E-state index contributed by atoms with van der Waals surface area (Å²) >= 11 is 0. The number of carbonyl (C=O) groups is 2. The van der Waals surface area contributed by atoms with Crippen LogP contribution in [0.1, 0.15) is 42.7 Å². The summed E-state index contributed by atoms with van der Waals surface area (Å²) in [5, 5.41) is 8.38. The molecule has 0 saturated carbocycles. The number of furan rings is 1. The van der Waals surface area contributed by atoms with E-state index in [0.717, 1.165) is 46.8 Å². The topological polar surface area (TPSA) is 74.6 Å². The lowest BCUT2D eigenvalue weighted by Gasteiger charge is -2.23. The van der Waals surface area contributed by atoms with Gasteiger partial charge in [-0.2, -0.15) is 0 Å². The highest BCUT2D eigenvalue weighted by molar-refractivity contribution is 6.05. The van der Waals surface area contributed by atoms with Crippen molar-refractivity contribution >= 4 is 33.8 Å². The van der Waals surface area contributed by atoms with E-state index in [9.17, 15) is 9.59 Å². The number of hydrogen-bond acceptors (Lipinski definition) is 4. The minimum Gasteiger partial charge on any atom is -0.456 e. The molecule has 1 aliphatic rings. The Kier molecular flexibility index (Phi) is 7.62. The van der Waals surface area contributed by atoms with Crippen LogP contribution in [0.3, 0.4) is 0 Å². The lowest BCUT2D eigenvalue weighted by atomic mass is 9.91. The van der Waals surface area contributed by atoms with E-state index in [1.807, 2.05) is 42.5 Å². The van der Waals surface area contributed by atoms with Crippen LogP contribution >= 0.6 is 0 Å². The number of carbonyl (C=O) groups excluding carboxylic acids is 2. The van der Waals surface area contributed by atoms with Gasteiger partial charge < -0.3 is 15.1 Å². The van der Waals surface area contributed by atoms with Gasteiger partial charge in [0.05, 0.1) is 6.54 Å². The number of amides is 2. The normalized spacial score (nSPS) is 19.1. The van der Waals surface area contributed by atoms with Crippen molar-refractivity contribution < 1.29 is 14.0 Å². The second-order valence-electron chi connectivity index (χ2n) is 9.59. The zero-order valence-corrected chi connectivity index (χ0v) is 20.5. The number of nitrogens with zero attached hydrogens (tertiary/aromatic N) is 1. The molecule has 1 saturated heterocycles. The van der Waals surface area contributed by atoms with E-state index in [4.69, 9.17) is 4.42 Å². The van der Waals surface area contributed by atoms with E-state index in [-0.39, 0.29) is 17.7 Å². The number of rotatable bonds is 3. The number of benzene rings is 3. The lowest BCUT2D eigenvalue weighted by molar-refractivity contribution is -0.123. The first-order valence-electron chi connectivity index (χ1n) is 12.9. The molecule has 0 aliphatic carbocycles. The second-order valence-corrected chi connectivity index (χ2v) is 9.59. The Morgan fingerprint density at radius 2 is 1.58 bits per heavy atom. The van der Waals surface area contributed by atoms with Gasteiger partial charge in [-0.05, 0) is 36.8 Å². The summed E-state index contributed by atoms with van der Waals surface area (Å²) in [6.45, 7) is 2.80. The summed E-state index contributed by atoms with van der Waals surface area (Å²) in [5.41, 5.74) is 4.02. The maximum atomic E-state index is 12.9. The molecule has 6 heteroatoms. The molecule has 0 radical (unpaired) electrons. The minimum absolute atomic E-state index is 0.0275. The van der Waals surface area contributed by atoms with Crippen molar-refractivity contribution in [1.82, 2.24) is 15.5 Å². The maximum Gasteiger partial charge on any atom is 0.234 e. The molecule has 1 aliphatic heterocycles. The van der Waals surface area contributed by atoms with Crippen LogP contribution in [0.25, 0.3) is 21.9 Å². The van der Waals surface area contributed by atoms with Crippen LogP contribution in [-0.4, -0.2) is 42.9 Å². The van der Waals surface area contributed by atoms with E-state index in [2.05, 4.69) is 45.9 Å². The first kappa shape index (κ1) is 24.1. The van der Waals surface area contributed by atoms with Crippen LogP contribution < -0.4 is 10.6 Å². The average Bonchev–Trinajstić information content (AvgIpc) is 3.28. The van der Waals surface area contributed by atoms with Crippen molar-refractivity contribution in [3.05, 3.63) is 83.9 Å². The van der Waals surface area contributed by atoms with Crippen LogP contribution in [-0.2, 0) is 16.1 Å². The fourth-order valence-electron chi connectivity index (χ4n) is 5.16. The van der Waals surface area contributed by atoms with Gasteiger partial charge in [0.25, 0.3) is 0 Å². The van der Waals surface area contributed by atoms with E-state index < -0.39 is 0 Å². The summed E-state index contributed by atoms with van der Waals surface area (Å²) in [6, 6.07) is 24.5. The highest BCUT2D eigenvalue weighted by Crippen LogP contribution is 2.31. The summed E-state index contributed by atoms with van der Waals surface area (Å²) in [6.07, 6.45) is 2.85. The zero-order chi connectivity index (χ0) is 24.7. The number of nitrogens with one attached hydrogen (secondary N) is 2. The standard InChI is InChI=1S/C30H33N3O3/c34-28-15-14-23(22-8-2-1-3-9-22)16-18-32-29(35)21-33(19-7-17-31-28)20-24-10-6-12-26-25-11-4-5-13-27(25)36-30(24)26/h1-6,8-13,23H,7,14-21H2,(H,31,34)(H,32,35). The summed E-state index contributed by atoms with van der Waals surface area (Å²) in [4.78, 5) is 27.5. The lowest BCUT2D eigenvalue weighted by Crippen LogP contribution is -2.39. The zero-order valence-electron chi connectivity index (χ0n) is 20.5. The molecule has 1 unspecified atom stereocenters. The van der Waals surface area contributed by atoms with Gasteiger partial charge in [-0.25, -0.2) is 0 Å². The fourth-order valence-corrected chi connectivity index (χ4v) is 5.16. The van der Waals surface area contributed by atoms with Gasteiger partial charge in [-0.15, -0.1) is 0 Å². The van der Waals surface area contributed by atoms with Gasteiger partial charge in [-0.1, -0.05) is 66.7 Å². The first-order chi connectivity index (χ1) is 17.7. The molecule has 0 spiro atoms. The first-order valence-corrected chi connectivity index (χ1v) is 12.9. The van der Waals surface area contributed by atoms with Gasteiger partial charge in [-0.3, -0.25) is 14.5 Å². The highest BCUT2D eigenvalue weighted by atomic mass is 16.3. The molecule has 6 nitrogen and oxygen atoms in total. The second kappa shape index (κ2) is 11.4. The SMILES string of the molecule is O=C1CCC(c2ccccc2)CCNC(=O)CN(Cc2cccc3c2oc2ccccc23)CCCN1. The van der Waals surface area contributed by atoms with Gasteiger partial charge in [0.1, 0.15) is 11.2 Å². The molecule has 3 aromatic carbocycles. The predicted molar refractivity (Wildman–Crippen MR) is 143 cm³/mol. The van der Waals surface area contributed by atoms with Gasteiger partial charge in [0.15, 0.2) is 0 Å². The van der Waals surface area contributed by atoms with Crippen LogP contribution in [0.15, 0.2) is 77.2 Å². The Bertz CT molecular complexity index is 1330. The van der Waals surface area contributed by atoms with Gasteiger partial charge in [0.2, 0.25) is 11.8 Å². The van der Waals surface area contributed by atoms with Gasteiger partial charge in [0, 0.05) is 48.9 Å². The Balaban J connectivity index is 1.31. The van der Waals surface area contributed by atoms with Crippen molar-refractivity contribution in [2.75, 3.05) is 26.2 Å². The Hall–Kier alpha value is -3.64. The molecule has 5 rings (SSSR count). The third kappa shape index (κ3) is 5.77. The third-order valence-corrected chi connectivity index (χ3v) is 7.03. The van der Waals surface area contributed by atoms with Gasteiger partial charge >= 0.3 is 0 Å². The molecule has 2 heterocycles. The van der Waals surface area contributed by atoms with Crippen LogP contribution in [0.4, 0.5) is 0 Å². The Morgan fingerprint density at radius 1 is 0.806 bits per heavy atom. The Labute approximate surface area is 211 Å². The van der Waals surface area contributed by atoms with Crippen LogP contribution in [0.2, 0.25) is 0 Å². The molecule has 4 aromatic rings. The molecule has 0 bridgehead atoms. The molecular formula is C30H33N3O3. The molecule has 1 fully saturated rings. The summed E-state index contributed by atoms with van der Waals surface area (Å²) in [7, 11) is 0. The summed E-state index contributed by atoms with van der Waals surface area (Å²) < 4.78 is 6.20. The molecular weight excluding hydrogens is 450 g/mol. The van der Waals surface area contributed by atoms with Crippen molar-refractivity contribution in [3.63, 3.8) is 0 Å². The van der Waals surface area contributed by atoms with Crippen molar-refractivity contribution in [3.8, 4) is 0 Å². The highest BCUT2D eigenvalue weighted by Gasteiger charge is 2.18. The number of fused-ring (bicyclic) bond motifs is 3. The third-order valence-electron chi connectivity index (χ3n) is 7.03. The predicted octanol–water partition coefficient (Wildman–Crippen LogP) is 4.98. The maximum absolute atomic E-state index is 12.9. The van der Waals surface area contributed by atoms with Crippen molar-refractivity contribution in [1.29, 1.82) is 0 Å². The van der Waals surface area contributed by atoms with Crippen LogP contribution in [0.5, 0.6) is 0 Å². The molecule has 2 N–H and O–H groups in total. The van der Waals surface area contributed by atoms with E-state index in [1.54, 1.807) is 0 Å². The molecule has 186 valence electrons. The molecule has 2 amide bonds. The van der Waals surface area contributed by atoms with E-state index >= 15 is 0 Å². The van der Waals surface area contributed by atoms with E-state index in [0.29, 0.717) is 39.1 Å². The minimum atomic E-state index is 0.0275. The molecule has 36 heavy (non-hydrogen) atoms. The average molecular weight is 484 g/mol. The van der Waals surface area contributed by atoms with Crippen molar-refractivity contribution in [2.24, 2.45) is 0 Å². The number of hydrogen-bond donors (Lipinski definition) is 2. The molecule has 1 atom stereocenters. The van der Waals surface area contributed by atoms with Crippen LogP contribution in [0, 0.1) is 0 Å². The number of para-hydroxylation sites is 2. The Morgan fingerprint density at radius 3 is 2.47 bits per heavy atom.